The van der Waals surface area contributed by atoms with Crippen LogP contribution in [0.15, 0.2) is 24.3 Å². The number of nitrogens with two attached hydrogens (primary N) is 1. The highest BCUT2D eigenvalue weighted by atomic mass is 35.5. The minimum Gasteiger partial charge on any atom is -0.507 e. The minimum atomic E-state index is -0.934. The Kier molecular flexibility index (Phi) is 6.63. The molecule has 2 amide bonds. The number of phenols is 1. The molecule has 8 heteroatoms. The maximum atomic E-state index is 13.1. The predicted octanol–water partition coefficient (Wildman–Crippen LogP) is 1.63. The second-order valence-corrected chi connectivity index (χ2v) is 7.94. The van der Waals surface area contributed by atoms with E-state index in [0.717, 1.165) is 0 Å². The highest BCUT2D eigenvalue weighted by Gasteiger charge is 2.63. The molecule has 156 valence electrons. The number of amides is 2. The average molecular weight is 412 g/mol. The number of carbonyl (C=O) groups excluding carboxylic acids is 2. The van der Waals surface area contributed by atoms with Crippen molar-refractivity contribution in [3.8, 4) is 5.75 Å². The molecule has 0 aromatic heterocycles. The summed E-state index contributed by atoms with van der Waals surface area (Å²) in [6.07, 6.45) is 0.504. The van der Waals surface area contributed by atoms with Crippen molar-refractivity contribution in [1.82, 2.24) is 9.80 Å². The fourth-order valence-electron chi connectivity index (χ4n) is 4.02. The van der Waals surface area contributed by atoms with Crippen LogP contribution in [0.25, 0.3) is 0 Å². The fourth-order valence-corrected chi connectivity index (χ4v) is 4.02. The number of hydrogen-bond donors (Lipinski definition) is 2. The first kappa shape index (κ1) is 22.5. The number of hydrogen-bond acceptors (Lipinski definition) is 5. The van der Waals surface area contributed by atoms with Crippen LogP contribution in [0.5, 0.6) is 5.75 Å². The van der Waals surface area contributed by atoms with Crippen molar-refractivity contribution in [2.75, 3.05) is 32.8 Å². The Labute approximate surface area is 172 Å². The molecule has 1 heterocycles. The van der Waals surface area contributed by atoms with Gasteiger partial charge in [0.1, 0.15) is 11.3 Å². The molecule has 2 atom stereocenters. The smallest absolute Gasteiger partial charge is 0.257 e. The van der Waals surface area contributed by atoms with Gasteiger partial charge in [-0.3, -0.25) is 9.59 Å². The zero-order valence-corrected chi connectivity index (χ0v) is 17.5. The van der Waals surface area contributed by atoms with E-state index in [-0.39, 0.29) is 41.6 Å². The second kappa shape index (κ2) is 8.27. The summed E-state index contributed by atoms with van der Waals surface area (Å²) < 4.78 is 5.71. The van der Waals surface area contributed by atoms with Gasteiger partial charge >= 0.3 is 0 Å². The third kappa shape index (κ3) is 3.58. The lowest BCUT2D eigenvalue weighted by Gasteiger charge is -2.59. The lowest BCUT2D eigenvalue weighted by molar-refractivity contribution is -0.180. The van der Waals surface area contributed by atoms with Crippen molar-refractivity contribution in [2.45, 2.75) is 38.8 Å². The molecule has 1 aromatic carbocycles. The molecule has 2 unspecified atom stereocenters. The summed E-state index contributed by atoms with van der Waals surface area (Å²) in [5, 5.41) is 9.88. The van der Waals surface area contributed by atoms with Gasteiger partial charge in [0.2, 0.25) is 5.91 Å². The number of carbonyl (C=O) groups is 2. The van der Waals surface area contributed by atoms with Crippen LogP contribution in [0.2, 0.25) is 0 Å². The molecular weight excluding hydrogens is 382 g/mol. The molecule has 2 fully saturated rings. The summed E-state index contributed by atoms with van der Waals surface area (Å²) in [6, 6.07) is 6.51. The predicted molar refractivity (Wildman–Crippen MR) is 109 cm³/mol. The lowest BCUT2D eigenvalue weighted by atomic mass is 9.54. The zero-order chi connectivity index (χ0) is 19.8. The molecule has 1 aromatic rings. The first-order valence-electron chi connectivity index (χ1n) is 9.49. The van der Waals surface area contributed by atoms with Crippen LogP contribution >= 0.6 is 12.4 Å². The van der Waals surface area contributed by atoms with Gasteiger partial charge in [-0.15, -0.1) is 12.4 Å². The van der Waals surface area contributed by atoms with E-state index in [1.54, 1.807) is 28.0 Å². The van der Waals surface area contributed by atoms with Gasteiger partial charge in [-0.25, -0.2) is 0 Å². The first-order valence-corrected chi connectivity index (χ1v) is 9.49. The maximum absolute atomic E-state index is 13.1. The molecule has 3 rings (SSSR count). The summed E-state index contributed by atoms with van der Waals surface area (Å²) in [5.74, 6) is -0.318. The molecule has 0 bridgehead atoms. The molecule has 1 saturated carbocycles. The first-order chi connectivity index (χ1) is 12.7. The molecule has 1 saturated heterocycles. The molecule has 0 radical (unpaired) electrons. The molecular formula is C20H30ClN3O4. The van der Waals surface area contributed by atoms with Crippen molar-refractivity contribution < 1.29 is 19.4 Å². The number of phenolic OH excluding ortho intramolecular Hbond substituents is 1. The van der Waals surface area contributed by atoms with Crippen molar-refractivity contribution >= 4 is 24.2 Å². The van der Waals surface area contributed by atoms with Crippen LogP contribution in [0.3, 0.4) is 0 Å². The van der Waals surface area contributed by atoms with E-state index < -0.39 is 11.0 Å². The van der Waals surface area contributed by atoms with E-state index in [1.807, 2.05) is 20.8 Å². The van der Waals surface area contributed by atoms with Gasteiger partial charge in [0.25, 0.3) is 5.91 Å². The van der Waals surface area contributed by atoms with E-state index in [2.05, 4.69) is 0 Å². The van der Waals surface area contributed by atoms with Crippen LogP contribution in [0, 0.1) is 5.41 Å². The van der Waals surface area contributed by atoms with E-state index in [1.165, 1.54) is 6.07 Å². The highest BCUT2D eigenvalue weighted by molar-refractivity contribution is 5.97. The second-order valence-electron chi connectivity index (χ2n) is 7.94. The number of nitrogens with zero attached hydrogens (tertiary/aromatic N) is 2. The molecule has 1 aliphatic carbocycles. The van der Waals surface area contributed by atoms with Gasteiger partial charge < -0.3 is 25.4 Å². The Hall–Kier alpha value is -1.83. The van der Waals surface area contributed by atoms with Gasteiger partial charge in [-0.05, 0) is 19.1 Å². The zero-order valence-electron chi connectivity index (χ0n) is 16.7. The van der Waals surface area contributed by atoms with Crippen molar-refractivity contribution in [3.63, 3.8) is 0 Å². The van der Waals surface area contributed by atoms with E-state index in [4.69, 9.17) is 10.5 Å². The van der Waals surface area contributed by atoms with Gasteiger partial charge in [0.15, 0.2) is 0 Å². The van der Waals surface area contributed by atoms with Crippen LogP contribution in [-0.4, -0.2) is 71.1 Å². The third-order valence-corrected chi connectivity index (χ3v) is 6.20. The number of piperazine rings is 1. The molecule has 7 nitrogen and oxygen atoms in total. The number of para-hydroxylation sites is 1. The summed E-state index contributed by atoms with van der Waals surface area (Å²) >= 11 is 0. The average Bonchev–Trinajstić information content (AvgIpc) is 2.67. The summed E-state index contributed by atoms with van der Waals surface area (Å²) in [5.41, 5.74) is 5.42. The largest absolute Gasteiger partial charge is 0.507 e. The quantitative estimate of drug-likeness (QED) is 0.785. The summed E-state index contributed by atoms with van der Waals surface area (Å²) in [7, 11) is 0. The Morgan fingerprint density at radius 1 is 1.18 bits per heavy atom. The molecule has 28 heavy (non-hydrogen) atoms. The van der Waals surface area contributed by atoms with Crippen LogP contribution in [0.4, 0.5) is 0 Å². The molecule has 3 N–H and O–H groups in total. The standard InChI is InChI=1S/C20H29N3O4.ClH/c1-4-27-16-13-20(21,19(16,2)3)18(26)23-11-9-22(10-12-23)17(25)14-7-5-6-8-15(14)24;/h5-8,16,24H,4,9-13,21H2,1-3H3;1H. The SMILES string of the molecule is CCOC1CC(N)(C(=O)N2CCN(C(=O)c3ccccc3O)CC2)C1(C)C.Cl. The van der Waals surface area contributed by atoms with E-state index in [9.17, 15) is 14.7 Å². The van der Waals surface area contributed by atoms with Crippen LogP contribution < -0.4 is 5.73 Å². The Morgan fingerprint density at radius 2 is 1.75 bits per heavy atom. The highest BCUT2D eigenvalue weighted by Crippen LogP contribution is 2.50. The fraction of sp³-hybridized carbons (Fsp3) is 0.600. The minimum absolute atomic E-state index is 0. The van der Waals surface area contributed by atoms with E-state index in [0.29, 0.717) is 39.2 Å². The van der Waals surface area contributed by atoms with Crippen molar-refractivity contribution in [3.05, 3.63) is 29.8 Å². The maximum Gasteiger partial charge on any atom is 0.257 e. The Bertz CT molecular complexity index is 734. The topological polar surface area (TPSA) is 96.1 Å². The summed E-state index contributed by atoms with van der Waals surface area (Å²) in [6.45, 7) is 8.22. The van der Waals surface area contributed by atoms with Crippen molar-refractivity contribution in [1.29, 1.82) is 0 Å². The number of aromatic hydroxyl groups is 1. The monoisotopic (exact) mass is 411 g/mol. The Balaban J connectivity index is 0.00000280. The molecule has 0 spiro atoms. The van der Waals surface area contributed by atoms with Crippen LogP contribution in [-0.2, 0) is 9.53 Å². The third-order valence-electron chi connectivity index (χ3n) is 6.20. The molecule has 2 aliphatic rings. The summed E-state index contributed by atoms with van der Waals surface area (Å²) in [4.78, 5) is 29.1. The van der Waals surface area contributed by atoms with Gasteiger partial charge in [0.05, 0.1) is 11.7 Å². The number of benzene rings is 1. The Morgan fingerprint density at radius 3 is 2.29 bits per heavy atom. The number of rotatable bonds is 4. The number of ether oxygens (including phenoxy) is 1. The van der Waals surface area contributed by atoms with Gasteiger partial charge in [-0.2, -0.15) is 0 Å². The number of halogens is 1. The van der Waals surface area contributed by atoms with Crippen LogP contribution in [0.1, 0.15) is 37.6 Å². The lowest BCUT2D eigenvalue weighted by Crippen LogP contribution is -2.76. The normalized spacial score (nSPS) is 26.2. The van der Waals surface area contributed by atoms with Gasteiger partial charge in [-0.1, -0.05) is 26.0 Å². The van der Waals surface area contributed by atoms with Gasteiger partial charge in [0, 0.05) is 44.6 Å². The van der Waals surface area contributed by atoms with E-state index >= 15 is 0 Å². The van der Waals surface area contributed by atoms with Crippen molar-refractivity contribution in [2.24, 2.45) is 11.1 Å². The molecule has 1 aliphatic heterocycles.